The zero-order chi connectivity index (χ0) is 15.8. The number of hydrogen-bond donors (Lipinski definition) is 3. The number of nitrogens with one attached hydrogen (secondary N) is 1. The highest BCUT2D eigenvalue weighted by Crippen LogP contribution is 2.33. The Morgan fingerprint density at radius 1 is 1.48 bits per heavy atom. The molecule has 1 fully saturated rings. The fourth-order valence-electron chi connectivity index (χ4n) is 2.89. The van der Waals surface area contributed by atoms with Gasteiger partial charge in [-0.15, -0.1) is 0 Å². The van der Waals surface area contributed by atoms with Gasteiger partial charge in [0, 0.05) is 7.05 Å². The van der Waals surface area contributed by atoms with E-state index < -0.39 is 15.6 Å². The van der Waals surface area contributed by atoms with E-state index in [0.717, 1.165) is 12.8 Å². The van der Waals surface area contributed by atoms with Crippen LogP contribution in [0.5, 0.6) is 0 Å². The first-order chi connectivity index (χ1) is 9.71. The summed E-state index contributed by atoms with van der Waals surface area (Å²) in [6.07, 6.45) is 3.04. The molecule has 0 bridgehead atoms. The molecule has 120 valence electrons. The number of aliphatic hydroxyl groups excluding tert-OH is 1. The predicted molar refractivity (Wildman–Crippen MR) is 80.1 cm³/mol. The number of nitrogen functional groups attached to an aromatic ring is 1. The molecule has 0 saturated heterocycles. The molecule has 1 aromatic rings. The Labute approximate surface area is 125 Å². The van der Waals surface area contributed by atoms with Crippen molar-refractivity contribution < 1.29 is 13.5 Å². The molecule has 1 heterocycles. The van der Waals surface area contributed by atoms with Gasteiger partial charge in [-0.2, -0.15) is 5.10 Å². The molecule has 0 unspecified atom stereocenters. The van der Waals surface area contributed by atoms with Crippen LogP contribution in [0.15, 0.2) is 4.90 Å². The largest absolute Gasteiger partial charge is 0.394 e. The van der Waals surface area contributed by atoms with E-state index in [1.807, 2.05) is 0 Å². The smallest absolute Gasteiger partial charge is 0.246 e. The minimum Gasteiger partial charge on any atom is -0.394 e. The summed E-state index contributed by atoms with van der Waals surface area (Å²) < 4.78 is 29.4. The standard InChI is InChI=1S/C13H24N4O3S/c1-9-4-6-13(8-18,7-5-9)16-21(19,20)11-10(2)17(3)15-12(11)14/h9,16,18H,4-8H2,1-3H3,(H2,14,15). The van der Waals surface area contributed by atoms with Crippen LogP contribution in [0.4, 0.5) is 5.82 Å². The Morgan fingerprint density at radius 2 is 2.05 bits per heavy atom. The molecule has 1 aliphatic rings. The van der Waals surface area contributed by atoms with Gasteiger partial charge in [-0.1, -0.05) is 6.92 Å². The number of aromatic nitrogens is 2. The van der Waals surface area contributed by atoms with E-state index in [2.05, 4.69) is 16.7 Å². The fraction of sp³-hybridized carbons (Fsp3) is 0.769. The minimum atomic E-state index is -3.81. The van der Waals surface area contributed by atoms with Crippen LogP contribution in [0, 0.1) is 12.8 Å². The van der Waals surface area contributed by atoms with Crippen LogP contribution < -0.4 is 10.5 Å². The Hall–Kier alpha value is -1.12. The van der Waals surface area contributed by atoms with E-state index in [1.165, 1.54) is 4.68 Å². The van der Waals surface area contributed by atoms with E-state index in [-0.39, 0.29) is 17.3 Å². The maximum absolute atomic E-state index is 12.6. The molecule has 0 amide bonds. The van der Waals surface area contributed by atoms with Crippen LogP contribution in [0.2, 0.25) is 0 Å². The lowest BCUT2D eigenvalue weighted by molar-refractivity contribution is 0.125. The molecule has 2 rings (SSSR count). The second kappa shape index (κ2) is 5.58. The van der Waals surface area contributed by atoms with Crippen LogP contribution in [0.25, 0.3) is 0 Å². The van der Waals surface area contributed by atoms with Crippen LogP contribution in [-0.4, -0.2) is 35.5 Å². The molecule has 0 spiro atoms. The van der Waals surface area contributed by atoms with E-state index in [9.17, 15) is 13.5 Å². The Balaban J connectivity index is 2.32. The summed E-state index contributed by atoms with van der Waals surface area (Å²) in [5.41, 5.74) is 5.42. The quantitative estimate of drug-likeness (QED) is 0.750. The number of nitrogens with two attached hydrogens (primary N) is 1. The molecular formula is C13H24N4O3S. The van der Waals surface area contributed by atoms with Gasteiger partial charge in [0.15, 0.2) is 5.82 Å². The van der Waals surface area contributed by atoms with Crippen molar-refractivity contribution in [3.63, 3.8) is 0 Å². The highest BCUT2D eigenvalue weighted by molar-refractivity contribution is 7.89. The van der Waals surface area contributed by atoms with Gasteiger partial charge in [-0.05, 0) is 38.5 Å². The second-order valence-corrected chi connectivity index (χ2v) is 7.77. The van der Waals surface area contributed by atoms with E-state index >= 15 is 0 Å². The van der Waals surface area contributed by atoms with Gasteiger partial charge in [0.2, 0.25) is 10.0 Å². The number of hydrogen-bond acceptors (Lipinski definition) is 5. The number of anilines is 1. The maximum Gasteiger partial charge on any atom is 0.246 e. The number of nitrogens with zero attached hydrogens (tertiary/aromatic N) is 2. The van der Waals surface area contributed by atoms with E-state index in [0.29, 0.717) is 24.5 Å². The van der Waals surface area contributed by atoms with Crippen molar-refractivity contribution >= 4 is 15.8 Å². The molecule has 21 heavy (non-hydrogen) atoms. The summed E-state index contributed by atoms with van der Waals surface area (Å²) in [4.78, 5) is 0.0106. The van der Waals surface area contributed by atoms with Crippen LogP contribution >= 0.6 is 0 Å². The number of aryl methyl sites for hydroxylation is 1. The third-order valence-corrected chi connectivity index (χ3v) is 6.20. The molecule has 4 N–H and O–H groups in total. The first kappa shape index (κ1) is 16.3. The summed E-state index contributed by atoms with van der Waals surface area (Å²) in [5, 5.41) is 13.6. The fourth-order valence-corrected chi connectivity index (χ4v) is 4.67. The van der Waals surface area contributed by atoms with E-state index in [4.69, 9.17) is 5.73 Å². The van der Waals surface area contributed by atoms with Crippen molar-refractivity contribution in [2.75, 3.05) is 12.3 Å². The van der Waals surface area contributed by atoms with Crippen molar-refractivity contribution in [3.05, 3.63) is 5.69 Å². The van der Waals surface area contributed by atoms with Crippen LogP contribution in [0.3, 0.4) is 0 Å². The molecule has 0 atom stereocenters. The van der Waals surface area contributed by atoms with Gasteiger partial charge in [0.1, 0.15) is 4.90 Å². The summed E-state index contributed by atoms with van der Waals surface area (Å²) in [5.74, 6) is 0.541. The lowest BCUT2D eigenvalue weighted by Gasteiger charge is -2.38. The van der Waals surface area contributed by atoms with Crippen molar-refractivity contribution in [1.29, 1.82) is 0 Å². The van der Waals surface area contributed by atoms with Crippen molar-refractivity contribution in [2.24, 2.45) is 13.0 Å². The third kappa shape index (κ3) is 3.07. The summed E-state index contributed by atoms with van der Waals surface area (Å²) in [6, 6.07) is 0. The van der Waals surface area contributed by atoms with Crippen LogP contribution in [-0.2, 0) is 17.1 Å². The number of rotatable bonds is 4. The molecule has 1 aromatic heterocycles. The molecule has 0 aromatic carbocycles. The lowest BCUT2D eigenvalue weighted by atomic mass is 9.78. The topological polar surface area (TPSA) is 110 Å². The molecule has 1 aliphatic carbocycles. The van der Waals surface area contributed by atoms with Gasteiger partial charge >= 0.3 is 0 Å². The van der Waals surface area contributed by atoms with Crippen LogP contribution in [0.1, 0.15) is 38.3 Å². The normalized spacial score (nSPS) is 27.0. The molecule has 1 saturated carbocycles. The first-order valence-electron chi connectivity index (χ1n) is 7.15. The summed E-state index contributed by atoms with van der Waals surface area (Å²) in [6.45, 7) is 3.59. The Bertz CT molecular complexity index is 616. The molecule has 0 aliphatic heterocycles. The third-order valence-electron chi connectivity index (χ3n) is 4.46. The van der Waals surface area contributed by atoms with Crippen molar-refractivity contribution in [2.45, 2.75) is 50.0 Å². The second-order valence-electron chi connectivity index (χ2n) is 6.15. The molecule has 8 heteroatoms. The minimum absolute atomic E-state index is 0.0106. The monoisotopic (exact) mass is 316 g/mol. The van der Waals surface area contributed by atoms with Gasteiger partial charge < -0.3 is 10.8 Å². The highest BCUT2D eigenvalue weighted by atomic mass is 32.2. The SMILES string of the molecule is Cc1c(S(=O)(=O)NC2(CO)CCC(C)CC2)c(N)nn1C. The highest BCUT2D eigenvalue weighted by Gasteiger charge is 2.39. The summed E-state index contributed by atoms with van der Waals surface area (Å²) >= 11 is 0. The van der Waals surface area contributed by atoms with Gasteiger partial charge in [-0.25, -0.2) is 13.1 Å². The molecule has 7 nitrogen and oxygen atoms in total. The average molecular weight is 316 g/mol. The Kier molecular flexibility index (Phi) is 4.32. The molecular weight excluding hydrogens is 292 g/mol. The number of aliphatic hydroxyl groups is 1. The zero-order valence-electron chi connectivity index (χ0n) is 12.8. The van der Waals surface area contributed by atoms with Crippen molar-refractivity contribution in [3.8, 4) is 0 Å². The first-order valence-corrected chi connectivity index (χ1v) is 8.63. The van der Waals surface area contributed by atoms with E-state index in [1.54, 1.807) is 14.0 Å². The maximum atomic E-state index is 12.6. The lowest BCUT2D eigenvalue weighted by Crippen LogP contribution is -2.53. The number of sulfonamides is 1. The van der Waals surface area contributed by atoms with Gasteiger partial charge in [-0.3, -0.25) is 4.68 Å². The zero-order valence-corrected chi connectivity index (χ0v) is 13.6. The Morgan fingerprint density at radius 3 is 2.48 bits per heavy atom. The van der Waals surface area contributed by atoms with Crippen molar-refractivity contribution in [1.82, 2.24) is 14.5 Å². The predicted octanol–water partition coefficient (Wildman–Crippen LogP) is 0.530. The van der Waals surface area contributed by atoms with Gasteiger partial charge in [0.25, 0.3) is 0 Å². The molecule has 0 radical (unpaired) electrons. The summed E-state index contributed by atoms with van der Waals surface area (Å²) in [7, 11) is -2.16. The van der Waals surface area contributed by atoms with Gasteiger partial charge in [0.05, 0.1) is 17.8 Å². The average Bonchev–Trinajstić information content (AvgIpc) is 2.66.